The molecule has 0 fully saturated rings. The summed E-state index contributed by atoms with van der Waals surface area (Å²) in [6.45, 7) is 7.05. The van der Waals surface area contributed by atoms with Crippen molar-refractivity contribution < 1.29 is 13.9 Å². The number of carbonyl (C=O) groups is 1. The summed E-state index contributed by atoms with van der Waals surface area (Å²) < 4.78 is 20.2. The van der Waals surface area contributed by atoms with Crippen LogP contribution < -0.4 is 10.6 Å². The van der Waals surface area contributed by atoms with Crippen LogP contribution in [0.5, 0.6) is 0 Å². The summed E-state index contributed by atoms with van der Waals surface area (Å²) in [6.07, 6.45) is 4.50. The minimum atomic E-state index is -0.878. The molecule has 1 aromatic carbocycles. The summed E-state index contributed by atoms with van der Waals surface area (Å²) in [4.78, 5) is 30.6. The highest BCUT2D eigenvalue weighted by Gasteiger charge is 2.23. The summed E-state index contributed by atoms with van der Waals surface area (Å²) >= 11 is 0. The quantitative estimate of drug-likeness (QED) is 0.289. The van der Waals surface area contributed by atoms with Crippen molar-refractivity contribution in [3.8, 4) is 28.7 Å². The van der Waals surface area contributed by atoms with Gasteiger partial charge in [-0.25, -0.2) is 19.3 Å². The van der Waals surface area contributed by atoms with Crippen LogP contribution in [-0.4, -0.2) is 39.2 Å². The first kappa shape index (κ1) is 27.3. The van der Waals surface area contributed by atoms with Gasteiger partial charge in [0.1, 0.15) is 17.9 Å². The summed E-state index contributed by atoms with van der Waals surface area (Å²) in [5.41, 5.74) is 2.41. The molecule has 3 heterocycles. The number of hydrogen-bond donors (Lipinski definition) is 2. The van der Waals surface area contributed by atoms with E-state index < -0.39 is 17.1 Å². The van der Waals surface area contributed by atoms with Crippen molar-refractivity contribution >= 4 is 17.4 Å². The van der Waals surface area contributed by atoms with Crippen molar-refractivity contribution in [2.45, 2.75) is 39.3 Å². The second-order valence-corrected chi connectivity index (χ2v) is 9.49. The van der Waals surface area contributed by atoms with E-state index in [-0.39, 0.29) is 17.5 Å². The van der Waals surface area contributed by atoms with Gasteiger partial charge in [-0.1, -0.05) is 0 Å². The Hall–Kier alpha value is -4.75. The number of rotatable bonds is 8. The van der Waals surface area contributed by atoms with Gasteiger partial charge in [0.25, 0.3) is 5.91 Å². The predicted molar refractivity (Wildman–Crippen MR) is 146 cm³/mol. The van der Waals surface area contributed by atoms with Crippen molar-refractivity contribution in [2.24, 2.45) is 0 Å². The van der Waals surface area contributed by atoms with E-state index in [1.807, 2.05) is 13.0 Å². The average molecular weight is 526 g/mol. The third-order valence-corrected chi connectivity index (χ3v) is 6.16. The molecule has 1 atom stereocenters. The molecule has 10 heteroatoms. The molecule has 0 saturated carbocycles. The highest BCUT2D eigenvalue weighted by molar-refractivity contribution is 6.04. The first-order valence-corrected chi connectivity index (χ1v) is 12.2. The number of nitriles is 1. The Labute approximate surface area is 226 Å². The Morgan fingerprint density at radius 1 is 1.08 bits per heavy atom. The first-order valence-electron chi connectivity index (χ1n) is 12.2. The molecule has 0 saturated heterocycles. The van der Waals surface area contributed by atoms with Gasteiger partial charge in [-0.15, -0.1) is 0 Å². The zero-order chi connectivity index (χ0) is 28.2. The number of nitrogens with one attached hydrogen (secondary N) is 2. The predicted octanol–water partition coefficient (Wildman–Crippen LogP) is 5.51. The standard InChI is InChI=1S/C29H28FN7O2/c1-17-12-22(30)24(37-28(38)20-7-9-32-25(13-20)29(3,4)16-31)15-21(17)23-8-11-34-27(36-23)19-6-10-33-26(14-19)35-18(2)39-5/h6-15,18H,1-5H3,(H,33,35)(H,37,38). The summed E-state index contributed by atoms with van der Waals surface area (Å²) in [7, 11) is 1.60. The van der Waals surface area contributed by atoms with E-state index in [2.05, 4.69) is 31.7 Å². The smallest absolute Gasteiger partial charge is 0.255 e. The Bertz CT molecular complexity index is 1570. The maximum absolute atomic E-state index is 14.9. The van der Waals surface area contributed by atoms with E-state index >= 15 is 0 Å². The third kappa shape index (κ3) is 6.22. The number of carbonyl (C=O) groups excluding carboxylic acids is 1. The van der Waals surface area contributed by atoms with Crippen LogP contribution in [0.4, 0.5) is 15.9 Å². The fourth-order valence-electron chi connectivity index (χ4n) is 3.77. The molecule has 0 aliphatic heterocycles. The Kier molecular flexibility index (Phi) is 7.93. The van der Waals surface area contributed by atoms with E-state index in [4.69, 9.17) is 9.72 Å². The van der Waals surface area contributed by atoms with Crippen LogP contribution in [0.25, 0.3) is 22.6 Å². The molecule has 2 N–H and O–H groups in total. The van der Waals surface area contributed by atoms with Crippen molar-refractivity contribution in [1.82, 2.24) is 19.9 Å². The summed E-state index contributed by atoms with van der Waals surface area (Å²) in [5.74, 6) is -0.0350. The van der Waals surface area contributed by atoms with Crippen LogP contribution in [0.2, 0.25) is 0 Å². The highest BCUT2D eigenvalue weighted by Crippen LogP contribution is 2.30. The minimum absolute atomic E-state index is 0.00242. The first-order chi connectivity index (χ1) is 18.6. The number of anilines is 2. The van der Waals surface area contributed by atoms with Crippen LogP contribution in [0, 0.1) is 24.1 Å². The summed E-state index contributed by atoms with van der Waals surface area (Å²) in [6, 6.07) is 13.4. The van der Waals surface area contributed by atoms with Crippen molar-refractivity contribution in [1.29, 1.82) is 5.26 Å². The number of amides is 1. The fraction of sp³-hybridized carbons (Fsp3) is 0.241. The number of ether oxygens (including phenoxy) is 1. The molecular formula is C29H28FN7O2. The van der Waals surface area contributed by atoms with E-state index in [1.165, 1.54) is 24.4 Å². The Morgan fingerprint density at radius 2 is 1.82 bits per heavy atom. The number of halogens is 1. The number of methoxy groups -OCH3 is 1. The second-order valence-electron chi connectivity index (χ2n) is 9.49. The number of nitrogens with zero attached hydrogens (tertiary/aromatic N) is 5. The maximum Gasteiger partial charge on any atom is 0.255 e. The second kappa shape index (κ2) is 11.3. The average Bonchev–Trinajstić information content (AvgIpc) is 2.94. The van der Waals surface area contributed by atoms with Gasteiger partial charge in [0.2, 0.25) is 0 Å². The van der Waals surface area contributed by atoms with Gasteiger partial charge in [-0.3, -0.25) is 9.78 Å². The lowest BCUT2D eigenvalue weighted by Crippen LogP contribution is -2.19. The van der Waals surface area contributed by atoms with E-state index in [9.17, 15) is 14.4 Å². The molecule has 9 nitrogen and oxygen atoms in total. The maximum atomic E-state index is 14.9. The molecule has 4 rings (SSSR count). The van der Waals surface area contributed by atoms with Crippen LogP contribution in [0.1, 0.15) is 42.4 Å². The van der Waals surface area contributed by atoms with Gasteiger partial charge >= 0.3 is 0 Å². The molecule has 0 aliphatic rings. The molecule has 0 spiro atoms. The Balaban J connectivity index is 1.64. The normalized spacial score (nSPS) is 11.9. The van der Waals surface area contributed by atoms with Gasteiger partial charge in [-0.2, -0.15) is 5.26 Å². The molecular weight excluding hydrogens is 497 g/mol. The van der Waals surface area contributed by atoms with Crippen LogP contribution in [0.15, 0.2) is 61.1 Å². The third-order valence-electron chi connectivity index (χ3n) is 6.16. The lowest BCUT2D eigenvalue weighted by atomic mass is 9.90. The SMILES string of the molecule is COC(C)Nc1cc(-c2nccc(-c3cc(NC(=O)c4ccnc(C(C)(C)C#N)c4)c(F)cc3C)n2)ccn1. The molecule has 0 aliphatic carbocycles. The fourth-order valence-corrected chi connectivity index (χ4v) is 3.77. The van der Waals surface area contributed by atoms with Crippen LogP contribution >= 0.6 is 0 Å². The Morgan fingerprint density at radius 3 is 2.56 bits per heavy atom. The largest absolute Gasteiger partial charge is 0.362 e. The lowest BCUT2D eigenvalue weighted by molar-refractivity contribution is 0.102. The highest BCUT2D eigenvalue weighted by atomic mass is 19.1. The van der Waals surface area contributed by atoms with Crippen LogP contribution in [-0.2, 0) is 10.2 Å². The molecule has 0 bridgehead atoms. The molecule has 198 valence electrons. The van der Waals surface area contributed by atoms with E-state index in [0.29, 0.717) is 34.2 Å². The number of aromatic nitrogens is 4. The van der Waals surface area contributed by atoms with Gasteiger partial charge in [0, 0.05) is 42.4 Å². The van der Waals surface area contributed by atoms with Crippen molar-refractivity contribution in [2.75, 3.05) is 17.7 Å². The van der Waals surface area contributed by atoms with Gasteiger partial charge in [-0.05, 0) is 75.7 Å². The molecule has 0 radical (unpaired) electrons. The lowest BCUT2D eigenvalue weighted by Gasteiger charge is -2.16. The van der Waals surface area contributed by atoms with Gasteiger partial charge in [0.05, 0.1) is 28.6 Å². The van der Waals surface area contributed by atoms with E-state index in [0.717, 1.165) is 5.56 Å². The van der Waals surface area contributed by atoms with Crippen molar-refractivity contribution in [3.05, 3.63) is 83.7 Å². The molecule has 4 aromatic rings. The molecule has 1 amide bonds. The van der Waals surface area contributed by atoms with Gasteiger partial charge in [0.15, 0.2) is 5.82 Å². The zero-order valence-electron chi connectivity index (χ0n) is 22.3. The number of aryl methyl sites for hydroxylation is 1. The molecule has 1 unspecified atom stereocenters. The monoisotopic (exact) mass is 525 g/mol. The number of hydrogen-bond acceptors (Lipinski definition) is 8. The summed E-state index contributed by atoms with van der Waals surface area (Å²) in [5, 5.41) is 15.2. The number of pyridine rings is 2. The zero-order valence-corrected chi connectivity index (χ0v) is 22.3. The van der Waals surface area contributed by atoms with Crippen LogP contribution in [0.3, 0.4) is 0 Å². The topological polar surface area (TPSA) is 126 Å². The minimum Gasteiger partial charge on any atom is -0.362 e. The number of benzene rings is 1. The van der Waals surface area contributed by atoms with Gasteiger partial charge < -0.3 is 15.4 Å². The van der Waals surface area contributed by atoms with E-state index in [1.54, 1.807) is 58.5 Å². The molecule has 39 heavy (non-hydrogen) atoms. The molecule has 3 aromatic heterocycles. The van der Waals surface area contributed by atoms with Crippen molar-refractivity contribution in [3.63, 3.8) is 0 Å².